The van der Waals surface area contributed by atoms with Gasteiger partial charge >= 0.3 is 5.97 Å². The number of rotatable bonds is 9. The van der Waals surface area contributed by atoms with Crippen molar-refractivity contribution in [3.8, 4) is 5.88 Å². The zero-order valence-electron chi connectivity index (χ0n) is 22.1. The SMILES string of the molecule is Cc1cc(OC(=O)c2ccc(NS(=O)(=O)CCO)cc2N2CCC3(CO)CC3C2)nc(N2CCC(F)(F)CC2)n1. The molecule has 3 N–H and O–H groups in total. The number of carbonyl (C=O) groups excluding carboxylic acids is 1. The summed E-state index contributed by atoms with van der Waals surface area (Å²) in [7, 11) is -3.79. The predicted molar refractivity (Wildman–Crippen MR) is 144 cm³/mol. The van der Waals surface area contributed by atoms with Crippen LogP contribution >= 0.6 is 0 Å². The third kappa shape index (κ3) is 6.13. The normalized spacial score (nSPS) is 23.9. The van der Waals surface area contributed by atoms with Crippen LogP contribution in [0.25, 0.3) is 0 Å². The molecule has 2 aromatic rings. The number of nitrogens with zero attached hydrogens (tertiary/aromatic N) is 4. The minimum atomic E-state index is -3.79. The Morgan fingerprint density at radius 3 is 2.52 bits per heavy atom. The van der Waals surface area contributed by atoms with Crippen molar-refractivity contribution in [1.82, 2.24) is 9.97 Å². The Morgan fingerprint density at radius 1 is 1.12 bits per heavy atom. The van der Waals surface area contributed by atoms with Crippen LogP contribution in [0.2, 0.25) is 0 Å². The van der Waals surface area contributed by atoms with Crippen molar-refractivity contribution in [1.29, 1.82) is 0 Å². The van der Waals surface area contributed by atoms with E-state index in [-0.39, 0.29) is 67.0 Å². The van der Waals surface area contributed by atoms with Gasteiger partial charge in [-0.05, 0) is 43.9 Å². The van der Waals surface area contributed by atoms with Crippen LogP contribution in [0.3, 0.4) is 0 Å². The molecule has 0 radical (unpaired) electrons. The Morgan fingerprint density at radius 2 is 1.85 bits per heavy atom. The van der Waals surface area contributed by atoms with Crippen molar-refractivity contribution in [2.45, 2.75) is 38.5 Å². The van der Waals surface area contributed by atoms with Crippen LogP contribution in [0.1, 0.15) is 41.7 Å². The molecule has 0 bridgehead atoms. The van der Waals surface area contributed by atoms with Gasteiger partial charge in [-0.15, -0.1) is 0 Å². The molecular formula is C26H33F2N5O6S. The summed E-state index contributed by atoms with van der Waals surface area (Å²) < 4.78 is 59.8. The van der Waals surface area contributed by atoms with E-state index in [0.29, 0.717) is 24.5 Å². The zero-order chi connectivity index (χ0) is 28.7. The monoisotopic (exact) mass is 581 g/mol. The van der Waals surface area contributed by atoms with Gasteiger partial charge in [0.05, 0.1) is 29.3 Å². The van der Waals surface area contributed by atoms with Gasteiger partial charge in [-0.3, -0.25) is 4.72 Å². The molecule has 0 amide bonds. The minimum absolute atomic E-state index is 0.0244. The molecule has 2 unspecified atom stereocenters. The molecule has 0 spiro atoms. The van der Waals surface area contributed by atoms with Crippen molar-refractivity contribution in [3.63, 3.8) is 0 Å². The maximum Gasteiger partial charge on any atom is 0.346 e. The second-order valence-corrected chi connectivity index (χ2v) is 12.7. The number of aromatic nitrogens is 2. The van der Waals surface area contributed by atoms with Crippen LogP contribution in [0.15, 0.2) is 24.3 Å². The number of hydrogen-bond acceptors (Lipinski definition) is 10. The summed E-state index contributed by atoms with van der Waals surface area (Å²) in [4.78, 5) is 25.7. The third-order valence-corrected chi connectivity index (χ3v) is 9.25. The highest BCUT2D eigenvalue weighted by atomic mass is 32.2. The first kappa shape index (κ1) is 28.4. The molecule has 5 rings (SSSR count). The smallest absolute Gasteiger partial charge is 0.346 e. The van der Waals surface area contributed by atoms with Gasteiger partial charge in [-0.2, -0.15) is 4.98 Å². The van der Waals surface area contributed by atoms with Gasteiger partial charge in [0.2, 0.25) is 21.9 Å². The van der Waals surface area contributed by atoms with Crippen LogP contribution in [0.4, 0.5) is 26.1 Å². The van der Waals surface area contributed by atoms with E-state index in [2.05, 4.69) is 14.7 Å². The van der Waals surface area contributed by atoms with Gasteiger partial charge in [0, 0.05) is 62.8 Å². The number of alkyl halides is 2. The minimum Gasteiger partial charge on any atom is -0.404 e. The number of sulfonamides is 1. The number of aryl methyl sites for hydroxylation is 1. The lowest BCUT2D eigenvalue weighted by Gasteiger charge is -2.33. The molecule has 1 aromatic heterocycles. The fraction of sp³-hybridized carbons (Fsp3) is 0.577. The molecule has 2 aliphatic heterocycles. The molecule has 2 atom stereocenters. The summed E-state index contributed by atoms with van der Waals surface area (Å²) in [5.41, 5.74) is 1.31. The van der Waals surface area contributed by atoms with Crippen molar-refractivity contribution in [3.05, 3.63) is 35.5 Å². The van der Waals surface area contributed by atoms with E-state index in [0.717, 1.165) is 12.8 Å². The lowest BCUT2D eigenvalue weighted by Crippen LogP contribution is -2.40. The average Bonchev–Trinajstić information content (AvgIpc) is 3.62. The van der Waals surface area contributed by atoms with Crippen molar-refractivity contribution < 1.29 is 36.9 Å². The lowest BCUT2D eigenvalue weighted by atomic mass is 9.95. The highest BCUT2D eigenvalue weighted by Gasteiger charge is 2.56. The van der Waals surface area contributed by atoms with E-state index in [1.165, 1.54) is 18.2 Å². The number of fused-ring (bicyclic) bond motifs is 1. The van der Waals surface area contributed by atoms with E-state index in [4.69, 9.17) is 9.84 Å². The number of nitrogens with one attached hydrogen (secondary N) is 1. The number of piperidine rings is 2. The van der Waals surface area contributed by atoms with Crippen molar-refractivity contribution >= 4 is 33.3 Å². The van der Waals surface area contributed by atoms with Gasteiger partial charge in [-0.25, -0.2) is 27.0 Å². The predicted octanol–water partition coefficient (Wildman–Crippen LogP) is 2.18. The number of halogens is 2. The highest BCUT2D eigenvalue weighted by molar-refractivity contribution is 7.92. The quantitative estimate of drug-likeness (QED) is 0.377. The summed E-state index contributed by atoms with van der Waals surface area (Å²) in [5, 5.41) is 18.9. The summed E-state index contributed by atoms with van der Waals surface area (Å²) >= 11 is 0. The molecule has 1 aromatic carbocycles. The standard InChI is InChI=1S/C26H33F2N5O6S/c1-17-12-22(30-24(29-17)32-8-5-26(27,28)6-9-32)39-23(36)20-3-2-19(31-40(37,38)11-10-34)13-21(20)33-7-4-25(16-35)14-18(25)15-33/h2-3,12-13,18,31,34-35H,4-11,14-16H2,1H3. The molecule has 3 aliphatic rings. The van der Waals surface area contributed by atoms with E-state index in [1.807, 2.05) is 4.90 Å². The Kier molecular flexibility index (Phi) is 7.61. The first-order chi connectivity index (χ1) is 18.9. The van der Waals surface area contributed by atoms with E-state index >= 15 is 0 Å². The Bertz CT molecular complexity index is 1380. The number of aliphatic hydroxyl groups is 2. The van der Waals surface area contributed by atoms with Crippen LogP contribution in [-0.2, 0) is 10.0 Å². The van der Waals surface area contributed by atoms with Gasteiger partial charge in [0.15, 0.2) is 0 Å². The fourth-order valence-corrected chi connectivity index (χ4v) is 6.31. The highest BCUT2D eigenvalue weighted by Crippen LogP contribution is 2.58. The molecule has 14 heteroatoms. The molecule has 218 valence electrons. The first-order valence-corrected chi connectivity index (χ1v) is 14.9. The number of anilines is 3. The van der Waals surface area contributed by atoms with Crippen LogP contribution in [0, 0.1) is 18.3 Å². The molecule has 11 nitrogen and oxygen atoms in total. The number of hydrogen-bond donors (Lipinski definition) is 3. The fourth-order valence-electron chi connectivity index (χ4n) is 5.48. The summed E-state index contributed by atoms with van der Waals surface area (Å²) in [6, 6.07) is 5.96. The summed E-state index contributed by atoms with van der Waals surface area (Å²) in [6.45, 7) is 2.55. The molecular weight excluding hydrogens is 548 g/mol. The second-order valence-electron chi connectivity index (χ2n) is 10.9. The van der Waals surface area contributed by atoms with Gasteiger partial charge in [0.25, 0.3) is 5.92 Å². The van der Waals surface area contributed by atoms with E-state index < -0.39 is 34.3 Å². The number of esters is 1. The van der Waals surface area contributed by atoms with Gasteiger partial charge in [0.1, 0.15) is 0 Å². The molecule has 1 saturated carbocycles. The van der Waals surface area contributed by atoms with Crippen molar-refractivity contribution in [2.24, 2.45) is 11.3 Å². The molecule has 3 fully saturated rings. The maximum atomic E-state index is 13.6. The summed E-state index contributed by atoms with van der Waals surface area (Å²) in [6.07, 6.45) is 0.984. The first-order valence-electron chi connectivity index (χ1n) is 13.2. The zero-order valence-corrected chi connectivity index (χ0v) is 23.0. The maximum absolute atomic E-state index is 13.6. The average molecular weight is 582 g/mol. The van der Waals surface area contributed by atoms with Crippen LogP contribution < -0.4 is 19.3 Å². The van der Waals surface area contributed by atoms with Crippen molar-refractivity contribution in [2.75, 3.05) is 59.7 Å². The third-order valence-electron chi connectivity index (χ3n) is 7.98. The number of aliphatic hydroxyl groups excluding tert-OH is 2. The number of carbonyl (C=O) groups is 1. The number of benzene rings is 1. The molecule has 3 heterocycles. The Hall–Kier alpha value is -3.10. The topological polar surface area (TPSA) is 145 Å². The number of ether oxygens (including phenoxy) is 1. The van der Waals surface area contributed by atoms with Gasteiger partial charge in [-0.1, -0.05) is 0 Å². The van der Waals surface area contributed by atoms with E-state index in [9.17, 15) is 27.1 Å². The van der Waals surface area contributed by atoms with Crippen LogP contribution in [-0.4, -0.2) is 85.6 Å². The molecule has 40 heavy (non-hydrogen) atoms. The van der Waals surface area contributed by atoms with E-state index in [1.54, 1.807) is 17.9 Å². The van der Waals surface area contributed by atoms with Gasteiger partial charge < -0.3 is 24.7 Å². The summed E-state index contributed by atoms with van der Waals surface area (Å²) in [5.74, 6) is -3.48. The molecule has 1 aliphatic carbocycles. The largest absolute Gasteiger partial charge is 0.404 e. The Balaban J connectivity index is 1.40. The molecule has 2 saturated heterocycles. The Labute approximate surface area is 231 Å². The second kappa shape index (κ2) is 10.7. The van der Waals surface area contributed by atoms with Crippen LogP contribution in [0.5, 0.6) is 5.88 Å². The lowest BCUT2D eigenvalue weighted by molar-refractivity contribution is -0.0222.